The van der Waals surface area contributed by atoms with Crippen molar-refractivity contribution in [2.45, 2.75) is 25.8 Å². The molecule has 0 saturated carbocycles. The number of carbonyl (C=O) groups excluding carboxylic acids is 1. The number of amides is 1. The average Bonchev–Trinajstić information content (AvgIpc) is 3.16. The van der Waals surface area contributed by atoms with Gasteiger partial charge in [0.05, 0.1) is 13.2 Å². The minimum absolute atomic E-state index is 0.221. The lowest BCUT2D eigenvalue weighted by Gasteiger charge is -2.19. The van der Waals surface area contributed by atoms with Crippen LogP contribution in [0, 0.1) is 0 Å². The van der Waals surface area contributed by atoms with Crippen LogP contribution in [0.25, 0.3) is 0 Å². The zero-order chi connectivity index (χ0) is 18.4. The SMILES string of the molecule is CCCc1cc(C(=O)NC(c2ccncc2)c2ccc(OC)cc2)n[nH]1. The third-order valence-corrected chi connectivity index (χ3v) is 4.15. The molecule has 2 N–H and O–H groups in total. The lowest BCUT2D eigenvalue weighted by atomic mass is 9.99. The van der Waals surface area contributed by atoms with Crippen LogP contribution in [0.3, 0.4) is 0 Å². The van der Waals surface area contributed by atoms with E-state index in [0.717, 1.165) is 35.4 Å². The maximum Gasteiger partial charge on any atom is 0.272 e. The number of pyridine rings is 1. The molecule has 0 aliphatic rings. The number of methoxy groups -OCH3 is 1. The number of ether oxygens (including phenoxy) is 1. The summed E-state index contributed by atoms with van der Waals surface area (Å²) in [5, 5.41) is 10.1. The van der Waals surface area contributed by atoms with E-state index in [0.29, 0.717) is 5.69 Å². The number of nitrogens with zero attached hydrogens (tertiary/aromatic N) is 2. The van der Waals surface area contributed by atoms with Crippen molar-refractivity contribution in [1.82, 2.24) is 20.5 Å². The van der Waals surface area contributed by atoms with Gasteiger partial charge in [0.1, 0.15) is 11.4 Å². The number of hydrogen-bond donors (Lipinski definition) is 2. The predicted molar refractivity (Wildman–Crippen MR) is 99.1 cm³/mol. The third kappa shape index (κ3) is 4.08. The Morgan fingerprint density at radius 1 is 1.15 bits per heavy atom. The molecule has 0 saturated heterocycles. The van der Waals surface area contributed by atoms with Crippen molar-refractivity contribution >= 4 is 5.91 Å². The monoisotopic (exact) mass is 350 g/mol. The molecule has 1 amide bonds. The first kappa shape index (κ1) is 17.7. The second-order valence-electron chi connectivity index (χ2n) is 5.99. The standard InChI is InChI=1S/C20H22N4O2/c1-3-4-16-13-18(24-23-16)20(25)22-19(15-9-11-21-12-10-15)14-5-7-17(26-2)8-6-14/h5-13,19H,3-4H2,1-2H3,(H,22,25)(H,23,24). The molecule has 2 aromatic heterocycles. The second-order valence-corrected chi connectivity index (χ2v) is 5.99. The minimum Gasteiger partial charge on any atom is -0.497 e. The predicted octanol–water partition coefficient (Wildman–Crippen LogP) is 3.29. The number of carbonyl (C=O) groups is 1. The molecule has 0 fully saturated rings. The summed E-state index contributed by atoms with van der Waals surface area (Å²) in [6.45, 7) is 2.09. The summed E-state index contributed by atoms with van der Waals surface area (Å²) in [6.07, 6.45) is 5.29. The largest absolute Gasteiger partial charge is 0.497 e. The van der Waals surface area contributed by atoms with Crippen molar-refractivity contribution in [1.29, 1.82) is 0 Å². The molecule has 2 heterocycles. The number of aromatic amines is 1. The smallest absolute Gasteiger partial charge is 0.272 e. The first-order valence-electron chi connectivity index (χ1n) is 8.60. The average molecular weight is 350 g/mol. The van der Waals surface area contributed by atoms with Gasteiger partial charge in [-0.15, -0.1) is 0 Å². The van der Waals surface area contributed by atoms with E-state index in [4.69, 9.17) is 4.74 Å². The summed E-state index contributed by atoms with van der Waals surface area (Å²) >= 11 is 0. The summed E-state index contributed by atoms with van der Waals surface area (Å²) < 4.78 is 5.22. The van der Waals surface area contributed by atoms with Crippen molar-refractivity contribution in [2.24, 2.45) is 0 Å². The van der Waals surface area contributed by atoms with Crippen LogP contribution in [0.5, 0.6) is 5.75 Å². The van der Waals surface area contributed by atoms with Gasteiger partial charge in [-0.05, 0) is 47.9 Å². The fourth-order valence-corrected chi connectivity index (χ4v) is 2.79. The maximum absolute atomic E-state index is 12.7. The molecule has 0 spiro atoms. The van der Waals surface area contributed by atoms with Gasteiger partial charge in [-0.3, -0.25) is 14.9 Å². The van der Waals surface area contributed by atoms with Crippen LogP contribution in [0.15, 0.2) is 54.9 Å². The number of aryl methyl sites for hydroxylation is 1. The van der Waals surface area contributed by atoms with Crippen LogP contribution in [0.2, 0.25) is 0 Å². The number of rotatable bonds is 7. The van der Waals surface area contributed by atoms with Gasteiger partial charge in [0.2, 0.25) is 0 Å². The Labute approximate surface area is 152 Å². The van der Waals surface area contributed by atoms with Gasteiger partial charge >= 0.3 is 0 Å². The maximum atomic E-state index is 12.7. The molecule has 1 atom stereocenters. The molecule has 3 aromatic rings. The Morgan fingerprint density at radius 2 is 1.85 bits per heavy atom. The Hall–Kier alpha value is -3.15. The summed E-state index contributed by atoms with van der Waals surface area (Å²) in [4.78, 5) is 16.8. The van der Waals surface area contributed by atoms with Crippen LogP contribution < -0.4 is 10.1 Å². The molecule has 0 bridgehead atoms. The molecule has 1 unspecified atom stereocenters. The molecule has 6 nitrogen and oxygen atoms in total. The molecule has 3 rings (SSSR count). The highest BCUT2D eigenvalue weighted by Crippen LogP contribution is 2.24. The lowest BCUT2D eigenvalue weighted by molar-refractivity contribution is 0.0938. The Morgan fingerprint density at radius 3 is 2.50 bits per heavy atom. The highest BCUT2D eigenvalue weighted by atomic mass is 16.5. The van der Waals surface area contributed by atoms with E-state index in [-0.39, 0.29) is 11.9 Å². The second kappa shape index (κ2) is 8.29. The van der Waals surface area contributed by atoms with Gasteiger partial charge < -0.3 is 10.1 Å². The highest BCUT2D eigenvalue weighted by molar-refractivity contribution is 5.92. The Balaban J connectivity index is 1.86. The molecule has 6 heteroatoms. The molecule has 0 aliphatic heterocycles. The van der Waals surface area contributed by atoms with Crippen LogP contribution in [0.1, 0.15) is 46.7 Å². The van der Waals surface area contributed by atoms with Crippen molar-refractivity contribution in [3.8, 4) is 5.75 Å². The lowest BCUT2D eigenvalue weighted by Crippen LogP contribution is -2.29. The normalized spacial score (nSPS) is 11.8. The van der Waals surface area contributed by atoms with E-state index in [9.17, 15) is 4.79 Å². The molecule has 134 valence electrons. The van der Waals surface area contributed by atoms with E-state index in [2.05, 4.69) is 27.4 Å². The molecule has 1 aromatic carbocycles. The molecular formula is C20H22N4O2. The number of hydrogen-bond acceptors (Lipinski definition) is 4. The molecule has 26 heavy (non-hydrogen) atoms. The zero-order valence-corrected chi connectivity index (χ0v) is 14.9. The van der Waals surface area contributed by atoms with Gasteiger partial charge in [-0.25, -0.2) is 0 Å². The molecular weight excluding hydrogens is 328 g/mol. The van der Waals surface area contributed by atoms with Crippen molar-refractivity contribution in [3.63, 3.8) is 0 Å². The van der Waals surface area contributed by atoms with Crippen LogP contribution >= 0.6 is 0 Å². The number of nitrogens with one attached hydrogen (secondary N) is 2. The summed E-state index contributed by atoms with van der Waals surface area (Å²) in [6, 6.07) is 12.9. The van der Waals surface area contributed by atoms with Crippen molar-refractivity contribution < 1.29 is 9.53 Å². The fourth-order valence-electron chi connectivity index (χ4n) is 2.79. The van der Waals surface area contributed by atoms with Crippen LogP contribution in [0.4, 0.5) is 0 Å². The number of aromatic nitrogens is 3. The van der Waals surface area contributed by atoms with E-state index >= 15 is 0 Å². The van der Waals surface area contributed by atoms with Crippen LogP contribution in [-0.2, 0) is 6.42 Å². The highest BCUT2D eigenvalue weighted by Gasteiger charge is 2.19. The first-order chi connectivity index (χ1) is 12.7. The van der Waals surface area contributed by atoms with Gasteiger partial charge in [-0.2, -0.15) is 5.10 Å². The zero-order valence-electron chi connectivity index (χ0n) is 14.9. The summed E-state index contributed by atoms with van der Waals surface area (Å²) in [5.41, 5.74) is 3.25. The topological polar surface area (TPSA) is 79.9 Å². The first-order valence-corrected chi connectivity index (χ1v) is 8.60. The summed E-state index contributed by atoms with van der Waals surface area (Å²) in [5.74, 6) is 0.547. The Kier molecular flexibility index (Phi) is 5.63. The van der Waals surface area contributed by atoms with E-state index in [1.165, 1.54) is 0 Å². The molecule has 0 aliphatic carbocycles. The van der Waals surface area contributed by atoms with Crippen molar-refractivity contribution in [2.75, 3.05) is 7.11 Å². The van der Waals surface area contributed by atoms with E-state index < -0.39 is 0 Å². The minimum atomic E-state index is -0.303. The van der Waals surface area contributed by atoms with Gasteiger partial charge in [0.25, 0.3) is 5.91 Å². The van der Waals surface area contributed by atoms with Gasteiger partial charge in [-0.1, -0.05) is 25.5 Å². The van der Waals surface area contributed by atoms with Gasteiger partial charge in [0, 0.05) is 18.1 Å². The quantitative estimate of drug-likeness (QED) is 0.685. The summed E-state index contributed by atoms with van der Waals surface area (Å²) in [7, 11) is 1.63. The fraction of sp³-hybridized carbons (Fsp3) is 0.250. The van der Waals surface area contributed by atoms with E-state index in [1.54, 1.807) is 25.6 Å². The number of H-pyrrole nitrogens is 1. The number of benzene rings is 1. The van der Waals surface area contributed by atoms with Crippen molar-refractivity contribution in [3.05, 3.63) is 77.4 Å². The Bertz CT molecular complexity index is 844. The molecule has 0 radical (unpaired) electrons. The van der Waals surface area contributed by atoms with Crippen LogP contribution in [-0.4, -0.2) is 28.2 Å². The van der Waals surface area contributed by atoms with Gasteiger partial charge in [0.15, 0.2) is 0 Å². The van der Waals surface area contributed by atoms with E-state index in [1.807, 2.05) is 36.4 Å². The third-order valence-electron chi connectivity index (χ3n) is 4.15.